The normalized spacial score (nSPS) is 10.9. The van der Waals surface area contributed by atoms with Gasteiger partial charge < -0.3 is 19.0 Å². The Bertz CT molecular complexity index is 1240. The number of aromatic nitrogens is 1. The molecule has 0 radical (unpaired) electrons. The maximum Gasteiger partial charge on any atom is 0.232 e. The topological polar surface area (TPSA) is 81.8 Å². The summed E-state index contributed by atoms with van der Waals surface area (Å²) < 4.78 is 16.6. The lowest BCUT2D eigenvalue weighted by Crippen LogP contribution is -2.04. The smallest absolute Gasteiger partial charge is 0.232 e. The van der Waals surface area contributed by atoms with Crippen LogP contribution in [0.25, 0.3) is 22.2 Å². The van der Waals surface area contributed by atoms with E-state index in [1.165, 1.54) is 7.11 Å². The van der Waals surface area contributed by atoms with E-state index in [1.807, 2.05) is 37.3 Å². The summed E-state index contributed by atoms with van der Waals surface area (Å²) in [4.78, 5) is 17.6. The van der Waals surface area contributed by atoms with Crippen molar-refractivity contribution in [1.29, 1.82) is 0 Å². The molecule has 2 heterocycles. The summed E-state index contributed by atoms with van der Waals surface area (Å²) >= 11 is 0. The monoisotopic (exact) mass is 403 g/mol. The lowest BCUT2D eigenvalue weighted by Gasteiger charge is -2.08. The minimum Gasteiger partial charge on any atom is -0.497 e. The third-order valence-corrected chi connectivity index (χ3v) is 5.06. The maximum absolute atomic E-state index is 13.2. The summed E-state index contributed by atoms with van der Waals surface area (Å²) in [6, 6.07) is 16.2. The van der Waals surface area contributed by atoms with Gasteiger partial charge in [-0.15, -0.1) is 0 Å². The zero-order valence-corrected chi connectivity index (χ0v) is 16.9. The van der Waals surface area contributed by atoms with Gasteiger partial charge in [0, 0.05) is 22.6 Å². The van der Waals surface area contributed by atoms with Crippen molar-refractivity contribution in [2.75, 3.05) is 14.2 Å². The molecule has 6 nitrogen and oxygen atoms in total. The van der Waals surface area contributed by atoms with Crippen LogP contribution in [0.3, 0.4) is 0 Å². The highest BCUT2D eigenvalue weighted by atomic mass is 16.5. The molecule has 0 aliphatic carbocycles. The van der Waals surface area contributed by atoms with Gasteiger partial charge in [-0.2, -0.15) is 0 Å². The number of aliphatic hydroxyl groups excluding tert-OH is 1. The second kappa shape index (κ2) is 8.00. The van der Waals surface area contributed by atoms with Crippen LogP contribution in [0.1, 0.15) is 27.4 Å². The summed E-state index contributed by atoms with van der Waals surface area (Å²) in [5.74, 6) is 1.03. The molecule has 0 unspecified atom stereocenters. The highest BCUT2D eigenvalue weighted by Crippen LogP contribution is 2.33. The summed E-state index contributed by atoms with van der Waals surface area (Å²) in [6.45, 7) is 1.73. The summed E-state index contributed by atoms with van der Waals surface area (Å²) in [5.41, 5.74) is 3.91. The first kappa shape index (κ1) is 19.7. The number of aryl methyl sites for hydroxylation is 1. The Morgan fingerprint density at radius 1 is 1.07 bits per heavy atom. The zero-order chi connectivity index (χ0) is 21.3. The molecule has 1 N–H and O–H groups in total. The van der Waals surface area contributed by atoms with Gasteiger partial charge in [0.1, 0.15) is 17.1 Å². The minimum absolute atomic E-state index is 0.127. The van der Waals surface area contributed by atoms with Gasteiger partial charge in [0.25, 0.3) is 0 Å². The number of nitrogens with zero attached hydrogens (tertiary/aromatic N) is 1. The number of fused-ring (bicyclic) bond motifs is 1. The summed E-state index contributed by atoms with van der Waals surface area (Å²) in [5, 5.41) is 10.2. The van der Waals surface area contributed by atoms with Crippen LogP contribution in [0.15, 0.2) is 59.0 Å². The van der Waals surface area contributed by atoms with Crippen LogP contribution in [0.5, 0.6) is 11.5 Å². The number of ether oxygens (including phenoxy) is 2. The Balaban J connectivity index is 1.77. The van der Waals surface area contributed by atoms with Crippen LogP contribution < -0.4 is 9.47 Å². The number of furan rings is 1. The average molecular weight is 403 g/mol. The first-order chi connectivity index (χ1) is 14.5. The van der Waals surface area contributed by atoms with Gasteiger partial charge in [-0.25, -0.2) is 0 Å². The van der Waals surface area contributed by atoms with Crippen LogP contribution in [0, 0.1) is 6.92 Å². The van der Waals surface area contributed by atoms with Gasteiger partial charge in [-0.05, 0) is 37.3 Å². The van der Waals surface area contributed by atoms with Crippen LogP contribution in [-0.4, -0.2) is 30.1 Å². The van der Waals surface area contributed by atoms with E-state index < -0.39 is 0 Å². The van der Waals surface area contributed by atoms with Crippen LogP contribution in [-0.2, 0) is 6.61 Å². The fraction of sp³-hybridized carbons (Fsp3) is 0.167. The number of pyridine rings is 1. The van der Waals surface area contributed by atoms with Gasteiger partial charge >= 0.3 is 0 Å². The fourth-order valence-corrected chi connectivity index (χ4v) is 3.44. The van der Waals surface area contributed by atoms with Crippen LogP contribution >= 0.6 is 0 Å². The number of carbonyl (C=O) groups excluding carboxylic acids is 1. The van der Waals surface area contributed by atoms with E-state index in [9.17, 15) is 9.90 Å². The minimum atomic E-state index is -0.259. The van der Waals surface area contributed by atoms with Gasteiger partial charge in [-0.3, -0.25) is 9.78 Å². The standard InChI is InChI=1S/C24H21NO5/c1-14-18-9-7-15(20-6-4-5-16(13-26)25-20)11-22(18)30-24(14)23(27)19-10-8-17(28-2)12-21(19)29-3/h4-12,26H,13H2,1-3H3. The van der Waals surface area contributed by atoms with E-state index in [1.54, 1.807) is 31.4 Å². The SMILES string of the molecule is COc1ccc(C(=O)c2oc3cc(-c4cccc(CO)n4)ccc3c2C)c(OC)c1. The highest BCUT2D eigenvalue weighted by molar-refractivity contribution is 6.12. The molecule has 0 aliphatic heterocycles. The van der Waals surface area contributed by atoms with Crippen molar-refractivity contribution in [3.05, 3.63) is 77.2 Å². The van der Waals surface area contributed by atoms with Crippen molar-refractivity contribution in [3.8, 4) is 22.8 Å². The Hall–Kier alpha value is -3.64. The molecular formula is C24H21NO5. The molecule has 0 saturated heterocycles. The van der Waals surface area contributed by atoms with E-state index in [2.05, 4.69) is 4.98 Å². The van der Waals surface area contributed by atoms with E-state index in [4.69, 9.17) is 13.9 Å². The van der Waals surface area contributed by atoms with Gasteiger partial charge in [0.05, 0.1) is 37.8 Å². The second-order valence-electron chi connectivity index (χ2n) is 6.83. The Kier molecular flexibility index (Phi) is 5.25. The van der Waals surface area contributed by atoms with Gasteiger partial charge in [0.15, 0.2) is 5.76 Å². The van der Waals surface area contributed by atoms with E-state index in [0.29, 0.717) is 28.3 Å². The predicted octanol–water partition coefficient (Wildman–Crippen LogP) is 4.54. The molecule has 2 aromatic carbocycles. The molecule has 30 heavy (non-hydrogen) atoms. The number of hydrogen-bond acceptors (Lipinski definition) is 6. The molecule has 4 aromatic rings. The molecule has 0 atom stereocenters. The lowest BCUT2D eigenvalue weighted by molar-refractivity contribution is 0.101. The van der Waals surface area contributed by atoms with Crippen molar-refractivity contribution in [3.63, 3.8) is 0 Å². The maximum atomic E-state index is 13.2. The summed E-state index contributed by atoms with van der Waals surface area (Å²) in [6.07, 6.45) is 0. The van der Waals surface area contributed by atoms with Crippen molar-refractivity contribution in [2.45, 2.75) is 13.5 Å². The number of methoxy groups -OCH3 is 2. The van der Waals surface area contributed by atoms with E-state index >= 15 is 0 Å². The molecule has 0 bridgehead atoms. The Morgan fingerprint density at radius 2 is 1.90 bits per heavy atom. The average Bonchev–Trinajstić information content (AvgIpc) is 3.13. The molecule has 0 aliphatic rings. The van der Waals surface area contributed by atoms with Gasteiger partial charge in [0.2, 0.25) is 5.78 Å². The van der Waals surface area contributed by atoms with Gasteiger partial charge in [-0.1, -0.05) is 18.2 Å². The molecule has 0 saturated carbocycles. The van der Waals surface area contributed by atoms with Crippen LogP contribution in [0.4, 0.5) is 0 Å². The molecule has 0 amide bonds. The molecule has 6 heteroatoms. The molecule has 0 fully saturated rings. The number of carbonyl (C=O) groups is 1. The predicted molar refractivity (Wildman–Crippen MR) is 113 cm³/mol. The third kappa shape index (κ3) is 3.42. The second-order valence-corrected chi connectivity index (χ2v) is 6.83. The van der Waals surface area contributed by atoms with Crippen molar-refractivity contribution in [1.82, 2.24) is 4.98 Å². The highest BCUT2D eigenvalue weighted by Gasteiger charge is 2.23. The first-order valence-corrected chi connectivity index (χ1v) is 9.42. The third-order valence-electron chi connectivity index (χ3n) is 5.06. The van der Waals surface area contributed by atoms with E-state index in [-0.39, 0.29) is 18.2 Å². The Labute approximate surface area is 173 Å². The molecule has 4 rings (SSSR count). The quantitative estimate of drug-likeness (QED) is 0.476. The number of aliphatic hydroxyl groups is 1. The number of benzene rings is 2. The largest absolute Gasteiger partial charge is 0.497 e. The van der Waals surface area contributed by atoms with Crippen molar-refractivity contribution < 1.29 is 23.8 Å². The number of hydrogen-bond donors (Lipinski definition) is 1. The van der Waals surface area contributed by atoms with E-state index in [0.717, 1.165) is 22.2 Å². The molecular weight excluding hydrogens is 382 g/mol. The first-order valence-electron chi connectivity index (χ1n) is 9.42. The molecule has 2 aromatic heterocycles. The van der Waals surface area contributed by atoms with Crippen molar-refractivity contribution in [2.24, 2.45) is 0 Å². The Morgan fingerprint density at radius 3 is 2.63 bits per heavy atom. The number of ketones is 1. The number of rotatable bonds is 6. The molecule has 152 valence electrons. The summed E-state index contributed by atoms with van der Waals surface area (Å²) in [7, 11) is 3.07. The lowest BCUT2D eigenvalue weighted by atomic mass is 10.0. The fourth-order valence-electron chi connectivity index (χ4n) is 3.44. The van der Waals surface area contributed by atoms with Crippen molar-refractivity contribution >= 4 is 16.8 Å². The molecule has 0 spiro atoms. The van der Waals surface area contributed by atoms with Crippen LogP contribution in [0.2, 0.25) is 0 Å². The zero-order valence-electron chi connectivity index (χ0n) is 16.9.